The van der Waals surface area contributed by atoms with Crippen LogP contribution in [-0.2, 0) is 21.8 Å². The Balaban J connectivity index is 1.57. The molecule has 7 heteroatoms. The van der Waals surface area contributed by atoms with Crippen molar-refractivity contribution < 1.29 is 18.7 Å². The number of methoxy groups -OCH3 is 1. The summed E-state index contributed by atoms with van der Waals surface area (Å²) in [6.45, 7) is 0.298. The Labute approximate surface area is 189 Å². The molecule has 0 aliphatic carbocycles. The highest BCUT2D eigenvalue weighted by atomic mass is 35.5. The maximum Gasteiger partial charge on any atom is 0.268 e. The molecule has 0 unspecified atom stereocenters. The largest absolute Gasteiger partial charge is 0.497 e. The molecule has 0 atom stereocenters. The SMILES string of the molecule is COc1ccc(CCN2C(=O)C(SCc3ccco3)=C(c3ccc(Cl)cc3)C2=O)cc1. The van der Waals surface area contributed by atoms with Crippen molar-refractivity contribution in [1.82, 2.24) is 4.90 Å². The van der Waals surface area contributed by atoms with E-state index >= 15 is 0 Å². The molecule has 0 radical (unpaired) electrons. The first kappa shape index (κ1) is 21.3. The van der Waals surface area contributed by atoms with Gasteiger partial charge in [0.05, 0.1) is 29.6 Å². The zero-order valence-electron chi connectivity index (χ0n) is 16.8. The lowest BCUT2D eigenvalue weighted by atomic mass is 10.1. The lowest BCUT2D eigenvalue weighted by Gasteiger charge is -2.15. The number of amides is 2. The second-order valence-electron chi connectivity index (χ2n) is 6.94. The zero-order chi connectivity index (χ0) is 21.8. The van der Waals surface area contributed by atoms with Gasteiger partial charge < -0.3 is 9.15 Å². The molecule has 0 saturated heterocycles. The van der Waals surface area contributed by atoms with E-state index in [-0.39, 0.29) is 11.8 Å². The first-order chi connectivity index (χ1) is 15.1. The van der Waals surface area contributed by atoms with Crippen LogP contribution in [0.4, 0.5) is 0 Å². The number of benzene rings is 2. The molecule has 2 heterocycles. The maximum atomic E-state index is 13.3. The molecule has 31 heavy (non-hydrogen) atoms. The van der Waals surface area contributed by atoms with Crippen LogP contribution in [0.3, 0.4) is 0 Å². The smallest absolute Gasteiger partial charge is 0.268 e. The normalized spacial score (nSPS) is 13.9. The lowest BCUT2D eigenvalue weighted by Crippen LogP contribution is -2.33. The highest BCUT2D eigenvalue weighted by Gasteiger charge is 2.38. The maximum absolute atomic E-state index is 13.3. The van der Waals surface area contributed by atoms with Gasteiger partial charge >= 0.3 is 0 Å². The van der Waals surface area contributed by atoms with Crippen LogP contribution < -0.4 is 4.74 Å². The zero-order valence-corrected chi connectivity index (χ0v) is 18.4. The monoisotopic (exact) mass is 453 g/mol. The summed E-state index contributed by atoms with van der Waals surface area (Å²) in [5.41, 5.74) is 2.11. The number of thioether (sulfide) groups is 1. The van der Waals surface area contributed by atoms with Gasteiger partial charge in [-0.25, -0.2) is 0 Å². The van der Waals surface area contributed by atoms with Gasteiger partial charge in [0, 0.05) is 11.6 Å². The molecule has 0 bridgehead atoms. The highest BCUT2D eigenvalue weighted by molar-refractivity contribution is 8.03. The van der Waals surface area contributed by atoms with Crippen LogP contribution in [0.1, 0.15) is 16.9 Å². The van der Waals surface area contributed by atoms with Crippen molar-refractivity contribution >= 4 is 40.8 Å². The summed E-state index contributed by atoms with van der Waals surface area (Å²) < 4.78 is 10.6. The van der Waals surface area contributed by atoms with Crippen LogP contribution in [-0.4, -0.2) is 30.4 Å². The molecule has 2 aromatic carbocycles. The Morgan fingerprint density at radius 3 is 2.39 bits per heavy atom. The molecule has 158 valence electrons. The minimum atomic E-state index is -0.289. The highest BCUT2D eigenvalue weighted by Crippen LogP contribution is 2.38. The molecule has 1 aliphatic heterocycles. The number of nitrogens with zero attached hydrogens (tertiary/aromatic N) is 1. The predicted octanol–water partition coefficient (Wildman–Crippen LogP) is 5.20. The number of carbonyl (C=O) groups excluding carboxylic acids is 2. The van der Waals surface area contributed by atoms with Crippen molar-refractivity contribution in [2.75, 3.05) is 13.7 Å². The van der Waals surface area contributed by atoms with Gasteiger partial charge in [-0.3, -0.25) is 14.5 Å². The van der Waals surface area contributed by atoms with E-state index in [1.165, 1.54) is 16.7 Å². The van der Waals surface area contributed by atoms with Crippen molar-refractivity contribution in [3.05, 3.63) is 93.7 Å². The van der Waals surface area contributed by atoms with Crippen molar-refractivity contribution in [3.63, 3.8) is 0 Å². The van der Waals surface area contributed by atoms with Gasteiger partial charge in [0.1, 0.15) is 11.5 Å². The van der Waals surface area contributed by atoms with Crippen molar-refractivity contribution in [3.8, 4) is 5.75 Å². The van der Waals surface area contributed by atoms with Crippen LogP contribution in [0.15, 0.2) is 76.2 Å². The van der Waals surface area contributed by atoms with Gasteiger partial charge in [0.2, 0.25) is 0 Å². The third kappa shape index (κ3) is 4.70. The average molecular weight is 454 g/mol. The van der Waals surface area contributed by atoms with E-state index < -0.39 is 0 Å². The fourth-order valence-corrected chi connectivity index (χ4v) is 4.49. The molecule has 0 N–H and O–H groups in total. The van der Waals surface area contributed by atoms with Crippen LogP contribution in [0.2, 0.25) is 5.02 Å². The van der Waals surface area contributed by atoms with Gasteiger partial charge in [-0.1, -0.05) is 35.9 Å². The Bertz CT molecular complexity index is 1110. The first-order valence-electron chi connectivity index (χ1n) is 9.71. The van der Waals surface area contributed by atoms with Gasteiger partial charge in [-0.05, 0) is 53.9 Å². The number of ether oxygens (including phenoxy) is 1. The molecule has 3 aromatic rings. The third-order valence-electron chi connectivity index (χ3n) is 4.98. The van der Waals surface area contributed by atoms with Gasteiger partial charge in [0.15, 0.2) is 0 Å². The number of hydrogen-bond donors (Lipinski definition) is 0. The van der Waals surface area contributed by atoms with Crippen LogP contribution >= 0.6 is 23.4 Å². The van der Waals surface area contributed by atoms with Crippen LogP contribution in [0.5, 0.6) is 5.75 Å². The summed E-state index contributed by atoms with van der Waals surface area (Å²) in [6.07, 6.45) is 2.15. The fourth-order valence-electron chi connectivity index (χ4n) is 3.33. The Morgan fingerprint density at radius 2 is 1.74 bits per heavy atom. The lowest BCUT2D eigenvalue weighted by molar-refractivity contribution is -0.136. The van der Waals surface area contributed by atoms with E-state index in [0.29, 0.717) is 39.8 Å². The van der Waals surface area contributed by atoms with Gasteiger partial charge in [0.25, 0.3) is 11.8 Å². The summed E-state index contributed by atoms with van der Waals surface area (Å²) in [5, 5.41) is 0.572. The molecule has 0 spiro atoms. The fraction of sp³-hybridized carbons (Fsp3) is 0.167. The number of rotatable bonds is 8. The number of halogens is 1. The predicted molar refractivity (Wildman–Crippen MR) is 122 cm³/mol. The van der Waals surface area contributed by atoms with Crippen molar-refractivity contribution in [2.45, 2.75) is 12.2 Å². The number of furan rings is 1. The van der Waals surface area contributed by atoms with E-state index in [0.717, 1.165) is 17.1 Å². The Morgan fingerprint density at radius 1 is 1.00 bits per heavy atom. The molecule has 1 aromatic heterocycles. The van der Waals surface area contributed by atoms with Gasteiger partial charge in [-0.15, -0.1) is 11.8 Å². The number of hydrogen-bond acceptors (Lipinski definition) is 5. The molecule has 1 aliphatic rings. The first-order valence-corrected chi connectivity index (χ1v) is 11.1. The minimum Gasteiger partial charge on any atom is -0.497 e. The molecule has 0 saturated carbocycles. The van der Waals surface area contributed by atoms with E-state index in [2.05, 4.69) is 0 Å². The number of imide groups is 1. The molecule has 0 fully saturated rings. The number of carbonyl (C=O) groups is 2. The summed E-state index contributed by atoms with van der Waals surface area (Å²) in [7, 11) is 1.61. The third-order valence-corrected chi connectivity index (χ3v) is 6.33. The van der Waals surface area contributed by atoms with E-state index in [1.807, 2.05) is 30.3 Å². The molecule has 5 nitrogen and oxygen atoms in total. The van der Waals surface area contributed by atoms with Crippen molar-refractivity contribution in [2.24, 2.45) is 0 Å². The summed E-state index contributed by atoms with van der Waals surface area (Å²) >= 11 is 7.33. The summed E-state index contributed by atoms with van der Waals surface area (Å²) in [5.74, 6) is 1.40. The Kier molecular flexibility index (Phi) is 6.49. The summed E-state index contributed by atoms with van der Waals surface area (Å²) in [4.78, 5) is 28.2. The molecule has 4 rings (SSSR count). The summed E-state index contributed by atoms with van der Waals surface area (Å²) in [6, 6.07) is 18.2. The van der Waals surface area contributed by atoms with Crippen LogP contribution in [0, 0.1) is 0 Å². The topological polar surface area (TPSA) is 59.8 Å². The average Bonchev–Trinajstić information content (AvgIpc) is 3.38. The van der Waals surface area contributed by atoms with Gasteiger partial charge in [-0.2, -0.15) is 0 Å². The van der Waals surface area contributed by atoms with E-state index in [9.17, 15) is 9.59 Å². The minimum absolute atomic E-state index is 0.278. The van der Waals surface area contributed by atoms with E-state index in [4.69, 9.17) is 20.8 Å². The quantitative estimate of drug-likeness (QED) is 0.439. The molecular weight excluding hydrogens is 434 g/mol. The second-order valence-corrected chi connectivity index (χ2v) is 8.36. The second kappa shape index (κ2) is 9.45. The van der Waals surface area contributed by atoms with E-state index in [1.54, 1.807) is 43.7 Å². The van der Waals surface area contributed by atoms with Crippen molar-refractivity contribution in [1.29, 1.82) is 0 Å². The molecular formula is C24H20ClNO4S. The molecule has 2 amide bonds. The Hall–Kier alpha value is -2.96. The van der Waals surface area contributed by atoms with Crippen LogP contribution in [0.25, 0.3) is 5.57 Å². The standard InChI is InChI=1S/C24H20ClNO4S/c1-29-19-10-4-16(5-11-19)12-13-26-23(27)21(17-6-8-18(25)9-7-17)22(24(26)28)31-15-20-3-2-14-30-20/h2-11,14H,12-13,15H2,1H3.